The van der Waals surface area contributed by atoms with E-state index in [0.29, 0.717) is 21.5 Å². The molecule has 128 valence electrons. The van der Waals surface area contributed by atoms with Crippen LogP contribution in [-0.2, 0) is 20.7 Å². The quantitative estimate of drug-likeness (QED) is 0.693. The van der Waals surface area contributed by atoms with Gasteiger partial charge in [-0.2, -0.15) is 0 Å². The van der Waals surface area contributed by atoms with Crippen LogP contribution >= 0.6 is 15.9 Å². The van der Waals surface area contributed by atoms with Gasteiger partial charge >= 0.3 is 5.97 Å². The first kappa shape index (κ1) is 19.3. The third kappa shape index (κ3) is 6.09. The smallest absolute Gasteiger partial charge is 0.310 e. The molecule has 0 aliphatic heterocycles. The number of benzene rings is 1. The number of carbonyl (C=O) groups is 2. The topological polar surface area (TPSA) is 73.9 Å². The lowest BCUT2D eigenvalue weighted by Gasteiger charge is -2.13. The molecule has 23 heavy (non-hydrogen) atoms. The number of carbonyl (C=O) groups excluding carboxylic acids is 2. The average Bonchev–Trinajstić information content (AvgIpc) is 2.54. The molecule has 1 aromatic carbocycles. The lowest BCUT2D eigenvalue weighted by atomic mass is 10.1. The second-order valence-corrected chi connectivity index (χ2v) is 5.87. The van der Waals surface area contributed by atoms with Crippen LogP contribution in [-0.4, -0.2) is 38.7 Å². The number of ether oxygens (including phenoxy) is 3. The molecule has 0 aromatic heterocycles. The third-order valence-corrected chi connectivity index (χ3v) is 4.01. The van der Waals surface area contributed by atoms with Crippen molar-refractivity contribution in [2.75, 3.05) is 20.8 Å². The van der Waals surface area contributed by atoms with Crippen molar-refractivity contribution >= 4 is 27.8 Å². The van der Waals surface area contributed by atoms with Gasteiger partial charge in [0.15, 0.2) is 18.1 Å². The Morgan fingerprint density at radius 3 is 2.39 bits per heavy atom. The van der Waals surface area contributed by atoms with E-state index in [0.717, 1.165) is 6.42 Å². The fraction of sp³-hybridized carbons (Fsp3) is 0.500. The zero-order valence-corrected chi connectivity index (χ0v) is 15.4. The second-order valence-electron chi connectivity index (χ2n) is 5.01. The number of rotatable bonds is 8. The van der Waals surface area contributed by atoms with Gasteiger partial charge in [0.2, 0.25) is 0 Å². The van der Waals surface area contributed by atoms with Crippen molar-refractivity contribution in [3.05, 3.63) is 22.2 Å². The van der Waals surface area contributed by atoms with Gasteiger partial charge in [-0.25, -0.2) is 0 Å². The van der Waals surface area contributed by atoms with Crippen molar-refractivity contribution < 1.29 is 23.8 Å². The van der Waals surface area contributed by atoms with Gasteiger partial charge in [-0.05, 0) is 31.0 Å². The maximum absolute atomic E-state index is 11.9. The van der Waals surface area contributed by atoms with Gasteiger partial charge in [-0.3, -0.25) is 9.59 Å². The summed E-state index contributed by atoms with van der Waals surface area (Å²) in [4.78, 5) is 23.5. The van der Waals surface area contributed by atoms with Crippen molar-refractivity contribution in [1.82, 2.24) is 5.32 Å². The minimum atomic E-state index is -0.489. The molecule has 0 aliphatic rings. The van der Waals surface area contributed by atoms with Crippen LogP contribution in [0.15, 0.2) is 16.6 Å². The van der Waals surface area contributed by atoms with Crippen LogP contribution in [0.25, 0.3) is 0 Å². The maximum Gasteiger partial charge on any atom is 0.310 e. The summed E-state index contributed by atoms with van der Waals surface area (Å²) in [5.74, 6) is 0.286. The third-order valence-electron chi connectivity index (χ3n) is 3.27. The first-order chi connectivity index (χ1) is 10.9. The molecule has 0 radical (unpaired) electrons. The summed E-state index contributed by atoms with van der Waals surface area (Å²) in [5.41, 5.74) is 0.690. The highest BCUT2D eigenvalue weighted by atomic mass is 79.9. The predicted octanol–water partition coefficient (Wildman–Crippen LogP) is 2.47. The molecule has 1 rings (SSSR count). The van der Waals surface area contributed by atoms with Gasteiger partial charge in [0.25, 0.3) is 5.91 Å². The Morgan fingerprint density at radius 2 is 1.83 bits per heavy atom. The van der Waals surface area contributed by atoms with E-state index < -0.39 is 5.97 Å². The molecule has 0 aliphatic carbocycles. The summed E-state index contributed by atoms with van der Waals surface area (Å²) in [6.45, 7) is 3.57. The van der Waals surface area contributed by atoms with Crippen LogP contribution in [0.5, 0.6) is 11.5 Å². The highest BCUT2D eigenvalue weighted by Crippen LogP contribution is 2.33. The Morgan fingerprint density at radius 1 is 1.22 bits per heavy atom. The van der Waals surface area contributed by atoms with E-state index in [2.05, 4.69) is 21.2 Å². The Labute approximate surface area is 144 Å². The van der Waals surface area contributed by atoms with Crippen LogP contribution in [0.3, 0.4) is 0 Å². The molecule has 1 atom stereocenters. The molecule has 0 unspecified atom stereocenters. The molecule has 0 saturated carbocycles. The van der Waals surface area contributed by atoms with Gasteiger partial charge in [-0.15, -0.1) is 0 Å². The lowest BCUT2D eigenvalue weighted by molar-refractivity contribution is -0.148. The highest BCUT2D eigenvalue weighted by Gasteiger charge is 2.15. The van der Waals surface area contributed by atoms with Crippen molar-refractivity contribution in [2.45, 2.75) is 32.7 Å². The van der Waals surface area contributed by atoms with E-state index >= 15 is 0 Å². The predicted molar refractivity (Wildman–Crippen MR) is 89.8 cm³/mol. The van der Waals surface area contributed by atoms with E-state index in [1.807, 2.05) is 13.8 Å². The minimum absolute atomic E-state index is 0.0253. The van der Waals surface area contributed by atoms with Gasteiger partial charge < -0.3 is 19.5 Å². The standard InChI is InChI=1S/C16H22BrNO5/c1-5-10(2)18-15(19)9-23-16(20)7-11-6-13(21-3)14(22-4)8-12(11)17/h6,8,10H,5,7,9H2,1-4H3,(H,18,19)/t10-/m1/s1. The first-order valence-corrected chi connectivity index (χ1v) is 8.05. The van der Waals surface area contributed by atoms with E-state index in [1.54, 1.807) is 12.1 Å². The number of amides is 1. The van der Waals surface area contributed by atoms with E-state index in [4.69, 9.17) is 14.2 Å². The summed E-state index contributed by atoms with van der Waals surface area (Å²) in [5, 5.41) is 2.73. The van der Waals surface area contributed by atoms with Crippen LogP contribution < -0.4 is 14.8 Å². The van der Waals surface area contributed by atoms with Crippen molar-refractivity contribution in [3.8, 4) is 11.5 Å². The second kappa shape index (κ2) is 9.39. The molecule has 6 nitrogen and oxygen atoms in total. The van der Waals surface area contributed by atoms with Gasteiger partial charge in [0, 0.05) is 10.5 Å². The molecular formula is C16H22BrNO5. The number of nitrogens with one attached hydrogen (secondary N) is 1. The van der Waals surface area contributed by atoms with E-state index in [1.165, 1.54) is 14.2 Å². The highest BCUT2D eigenvalue weighted by molar-refractivity contribution is 9.10. The van der Waals surface area contributed by atoms with Gasteiger partial charge in [-0.1, -0.05) is 22.9 Å². The van der Waals surface area contributed by atoms with Crippen molar-refractivity contribution in [1.29, 1.82) is 0 Å². The Hall–Kier alpha value is -1.76. The van der Waals surface area contributed by atoms with Crippen LogP contribution in [0.1, 0.15) is 25.8 Å². The summed E-state index contributed by atoms with van der Waals surface area (Å²) >= 11 is 3.38. The number of hydrogen-bond donors (Lipinski definition) is 1. The van der Waals surface area contributed by atoms with Crippen molar-refractivity contribution in [2.24, 2.45) is 0 Å². The largest absolute Gasteiger partial charge is 0.493 e. The summed E-state index contributed by atoms with van der Waals surface area (Å²) in [7, 11) is 3.06. The molecule has 0 heterocycles. The van der Waals surface area contributed by atoms with Gasteiger partial charge in [0.05, 0.1) is 20.6 Å². The molecule has 7 heteroatoms. The van der Waals surface area contributed by atoms with Crippen LogP contribution in [0.4, 0.5) is 0 Å². The normalized spacial score (nSPS) is 11.5. The van der Waals surface area contributed by atoms with E-state index in [-0.39, 0.29) is 25.0 Å². The Kier molecular flexibility index (Phi) is 7.88. The van der Waals surface area contributed by atoms with Crippen LogP contribution in [0, 0.1) is 0 Å². The fourth-order valence-electron chi connectivity index (χ4n) is 1.80. The number of hydrogen-bond acceptors (Lipinski definition) is 5. The molecule has 0 bridgehead atoms. The number of methoxy groups -OCH3 is 2. The Balaban J connectivity index is 2.62. The molecule has 0 spiro atoms. The first-order valence-electron chi connectivity index (χ1n) is 7.26. The molecule has 1 amide bonds. The zero-order valence-electron chi connectivity index (χ0n) is 13.8. The lowest BCUT2D eigenvalue weighted by Crippen LogP contribution is -2.35. The average molecular weight is 388 g/mol. The summed E-state index contributed by atoms with van der Waals surface area (Å²) < 4.78 is 16.1. The summed E-state index contributed by atoms with van der Waals surface area (Å²) in [6.07, 6.45) is 0.843. The molecule has 0 fully saturated rings. The number of halogens is 1. The maximum atomic E-state index is 11.9. The van der Waals surface area contributed by atoms with Crippen LogP contribution in [0.2, 0.25) is 0 Å². The fourth-order valence-corrected chi connectivity index (χ4v) is 2.27. The Bertz CT molecular complexity index is 562. The SMILES string of the molecule is CC[C@@H](C)NC(=O)COC(=O)Cc1cc(OC)c(OC)cc1Br. The number of esters is 1. The molecule has 0 saturated heterocycles. The van der Waals surface area contributed by atoms with Gasteiger partial charge in [0.1, 0.15) is 0 Å². The summed E-state index contributed by atoms with van der Waals surface area (Å²) in [6, 6.07) is 3.47. The minimum Gasteiger partial charge on any atom is -0.493 e. The molecule has 1 aromatic rings. The van der Waals surface area contributed by atoms with E-state index in [9.17, 15) is 9.59 Å². The monoisotopic (exact) mass is 387 g/mol. The molecular weight excluding hydrogens is 366 g/mol. The van der Waals surface area contributed by atoms with Crippen molar-refractivity contribution in [3.63, 3.8) is 0 Å². The molecule has 1 N–H and O–H groups in total. The zero-order chi connectivity index (χ0) is 17.4.